The van der Waals surface area contributed by atoms with Crippen molar-refractivity contribution in [2.75, 3.05) is 0 Å². The minimum Gasteiger partial charge on any atom is -0.456 e. The summed E-state index contributed by atoms with van der Waals surface area (Å²) in [5.41, 5.74) is 10.7. The van der Waals surface area contributed by atoms with Crippen LogP contribution in [0, 0.1) is 5.92 Å². The zero-order valence-electron chi connectivity index (χ0n) is 26.2. The van der Waals surface area contributed by atoms with Gasteiger partial charge in [0.25, 0.3) is 0 Å². The summed E-state index contributed by atoms with van der Waals surface area (Å²) in [4.78, 5) is 0. The zero-order chi connectivity index (χ0) is 31.6. The van der Waals surface area contributed by atoms with Crippen molar-refractivity contribution in [3.05, 3.63) is 181 Å². The van der Waals surface area contributed by atoms with E-state index in [1.54, 1.807) is 0 Å². The van der Waals surface area contributed by atoms with Crippen LogP contribution < -0.4 is 0 Å². The predicted octanol–water partition coefficient (Wildman–Crippen LogP) is 13.0. The van der Waals surface area contributed by atoms with Crippen molar-refractivity contribution in [2.45, 2.75) is 0 Å². The molecule has 1 atom stereocenters. The Kier molecular flexibility index (Phi) is 6.01. The molecular weight excluding hydrogens is 581 g/mol. The van der Waals surface area contributed by atoms with Crippen LogP contribution in [0.25, 0.3) is 88.8 Å². The molecule has 10 rings (SSSR count). The maximum atomic E-state index is 6.47. The molecule has 1 nitrogen and oxygen atoms in total. The van der Waals surface area contributed by atoms with Gasteiger partial charge < -0.3 is 4.42 Å². The summed E-state index contributed by atoms with van der Waals surface area (Å²) in [5, 5.41) is 8.63. The number of fused-ring (bicyclic) bond motifs is 7. The van der Waals surface area contributed by atoms with E-state index in [1.165, 1.54) is 71.3 Å². The van der Waals surface area contributed by atoms with Gasteiger partial charge in [-0.2, -0.15) is 0 Å². The smallest absolute Gasteiger partial charge is 0.135 e. The number of rotatable bonds is 3. The molecule has 1 unspecified atom stereocenters. The van der Waals surface area contributed by atoms with Gasteiger partial charge in [-0.05, 0) is 102 Å². The summed E-state index contributed by atoms with van der Waals surface area (Å²) in [7, 11) is 0. The van der Waals surface area contributed by atoms with Gasteiger partial charge in [0.15, 0.2) is 0 Å². The Morgan fingerprint density at radius 1 is 0.438 bits per heavy atom. The lowest BCUT2D eigenvalue weighted by molar-refractivity contribution is 0.603. The fourth-order valence-electron chi connectivity index (χ4n) is 7.77. The van der Waals surface area contributed by atoms with E-state index in [-0.39, 0.29) is 5.92 Å². The lowest BCUT2D eigenvalue weighted by Crippen LogP contribution is -1.96. The second-order valence-corrected chi connectivity index (χ2v) is 12.8. The Bertz CT molecular complexity index is 2710. The van der Waals surface area contributed by atoms with Gasteiger partial charge in [-0.25, -0.2) is 0 Å². The van der Waals surface area contributed by atoms with Gasteiger partial charge in [-0.15, -0.1) is 0 Å². The number of hydrogen-bond acceptors (Lipinski definition) is 1. The van der Waals surface area contributed by atoms with Gasteiger partial charge in [0.1, 0.15) is 11.3 Å². The van der Waals surface area contributed by atoms with Crippen LogP contribution >= 0.6 is 0 Å². The predicted molar refractivity (Wildman–Crippen MR) is 204 cm³/mol. The lowest BCUT2D eigenvalue weighted by atomic mass is 9.84. The molecule has 48 heavy (non-hydrogen) atoms. The molecule has 224 valence electrons. The molecule has 2 aliphatic rings. The molecule has 1 aromatic heterocycles. The van der Waals surface area contributed by atoms with Gasteiger partial charge in [-0.3, -0.25) is 0 Å². The summed E-state index contributed by atoms with van der Waals surface area (Å²) in [5.74, 6) is 1.19. The van der Waals surface area contributed by atoms with Gasteiger partial charge in [0, 0.05) is 16.9 Å². The van der Waals surface area contributed by atoms with Gasteiger partial charge in [-0.1, -0.05) is 146 Å². The lowest BCUT2D eigenvalue weighted by Gasteiger charge is -2.19. The van der Waals surface area contributed by atoms with Gasteiger partial charge in [0.05, 0.1) is 0 Å². The Hall–Kier alpha value is -6.18. The van der Waals surface area contributed by atoms with Crippen molar-refractivity contribution >= 4 is 55.4 Å². The van der Waals surface area contributed by atoms with Crippen LogP contribution in [0.3, 0.4) is 0 Å². The standard InChI is InChI=1S/C47H30O/c1-2-12-32(13-3-1)46-39-16-8-9-17-40(39)47(41-24-21-36(27-43(41)46)35-19-18-30-10-4-6-14-33(30)26-35)37-22-25-44-42(28-37)38-23-20-31-11-5-7-15-34(31)29-45(38)48-44/h1-29,31H. The normalized spacial score (nSPS) is 15.2. The highest BCUT2D eigenvalue weighted by Gasteiger charge is 2.21. The Balaban J connectivity index is 1.25. The van der Waals surface area contributed by atoms with E-state index in [0.717, 1.165) is 22.3 Å². The first-order valence-electron chi connectivity index (χ1n) is 16.6. The van der Waals surface area contributed by atoms with Crippen molar-refractivity contribution in [3.63, 3.8) is 0 Å². The fourth-order valence-corrected chi connectivity index (χ4v) is 7.77. The fraction of sp³-hybridized carbons (Fsp3) is 0.0213. The van der Waals surface area contributed by atoms with Crippen LogP contribution in [-0.2, 0) is 0 Å². The third kappa shape index (κ3) is 4.25. The molecule has 0 N–H and O–H groups in total. The molecule has 7 aromatic carbocycles. The van der Waals surface area contributed by atoms with Crippen LogP contribution in [0.15, 0.2) is 174 Å². The molecule has 1 heterocycles. The van der Waals surface area contributed by atoms with Crippen LogP contribution in [0.4, 0.5) is 0 Å². The van der Waals surface area contributed by atoms with Crippen molar-refractivity contribution in [1.29, 1.82) is 0 Å². The maximum Gasteiger partial charge on any atom is 0.135 e. The van der Waals surface area contributed by atoms with Crippen LogP contribution in [-0.4, -0.2) is 0 Å². The quantitative estimate of drug-likeness (QED) is 0.181. The monoisotopic (exact) mass is 610 g/mol. The molecule has 0 fully saturated rings. The molecule has 8 aromatic rings. The molecule has 0 aliphatic heterocycles. The highest BCUT2D eigenvalue weighted by atomic mass is 16.3. The summed E-state index contributed by atoms with van der Waals surface area (Å²) < 4.78 is 6.47. The molecule has 0 amide bonds. The molecule has 2 aliphatic carbocycles. The summed E-state index contributed by atoms with van der Waals surface area (Å²) in [6.45, 7) is 0. The molecular formula is C47H30O. The first-order chi connectivity index (χ1) is 23.8. The Morgan fingerprint density at radius 3 is 2.00 bits per heavy atom. The molecule has 0 bridgehead atoms. The van der Waals surface area contributed by atoms with Crippen LogP contribution in [0.1, 0.15) is 11.3 Å². The number of hydrogen-bond donors (Lipinski definition) is 0. The third-order valence-corrected chi connectivity index (χ3v) is 10.1. The molecule has 1 heteroatoms. The highest BCUT2D eigenvalue weighted by molar-refractivity contribution is 6.22. The maximum absolute atomic E-state index is 6.47. The first kappa shape index (κ1) is 27.0. The van der Waals surface area contributed by atoms with E-state index < -0.39 is 0 Å². The van der Waals surface area contributed by atoms with Crippen LogP contribution in [0.5, 0.6) is 0 Å². The zero-order valence-corrected chi connectivity index (χ0v) is 26.2. The largest absolute Gasteiger partial charge is 0.456 e. The molecule has 0 saturated heterocycles. The molecule has 0 radical (unpaired) electrons. The van der Waals surface area contributed by atoms with Crippen molar-refractivity contribution in [3.8, 4) is 33.4 Å². The second-order valence-electron chi connectivity index (χ2n) is 12.8. The number of allylic oxidation sites excluding steroid dienone is 6. The third-order valence-electron chi connectivity index (χ3n) is 10.1. The van der Waals surface area contributed by atoms with Gasteiger partial charge >= 0.3 is 0 Å². The molecule has 0 saturated carbocycles. The minimum atomic E-state index is 0.269. The van der Waals surface area contributed by atoms with Crippen molar-refractivity contribution < 1.29 is 4.42 Å². The number of furan rings is 1. The van der Waals surface area contributed by atoms with E-state index in [0.29, 0.717) is 0 Å². The van der Waals surface area contributed by atoms with Crippen molar-refractivity contribution in [2.24, 2.45) is 5.92 Å². The highest BCUT2D eigenvalue weighted by Crippen LogP contribution is 2.46. The van der Waals surface area contributed by atoms with Crippen LogP contribution in [0.2, 0.25) is 0 Å². The van der Waals surface area contributed by atoms with E-state index in [1.807, 2.05) is 0 Å². The van der Waals surface area contributed by atoms with E-state index >= 15 is 0 Å². The van der Waals surface area contributed by atoms with E-state index in [4.69, 9.17) is 4.42 Å². The Morgan fingerprint density at radius 2 is 1.12 bits per heavy atom. The topological polar surface area (TPSA) is 13.1 Å². The van der Waals surface area contributed by atoms with E-state index in [2.05, 4.69) is 176 Å². The SMILES string of the molecule is C1=CC2=Cc3oc4ccc(-c5c6ccccc6c(-c6ccccc6)c6cc(-c7ccc8ccccc8c7)ccc56)cc4c3C=CC2C=C1. The summed E-state index contributed by atoms with van der Waals surface area (Å²) >= 11 is 0. The van der Waals surface area contributed by atoms with Gasteiger partial charge in [0.2, 0.25) is 0 Å². The van der Waals surface area contributed by atoms with Crippen molar-refractivity contribution in [1.82, 2.24) is 0 Å². The Labute approximate surface area is 279 Å². The minimum absolute atomic E-state index is 0.269. The summed E-state index contributed by atoms with van der Waals surface area (Å²) in [6.07, 6.45) is 15.4. The second kappa shape index (κ2) is 10.7. The van der Waals surface area contributed by atoms with E-state index in [9.17, 15) is 0 Å². The average molecular weight is 611 g/mol. The average Bonchev–Trinajstić information content (AvgIpc) is 3.37. The number of benzene rings is 7. The molecule has 0 spiro atoms. The first-order valence-corrected chi connectivity index (χ1v) is 16.6. The summed E-state index contributed by atoms with van der Waals surface area (Å²) in [6, 6.07) is 48.8.